The Morgan fingerprint density at radius 3 is 2.37 bits per heavy atom. The van der Waals surface area contributed by atoms with Gasteiger partial charge in [0.25, 0.3) is 5.91 Å². The number of hydrogen-bond acceptors (Lipinski definition) is 7. The normalized spacial score (nSPS) is 20.6. The number of phenols is 1. The van der Waals surface area contributed by atoms with E-state index in [2.05, 4.69) is 10.6 Å². The molecule has 1 aromatic rings. The van der Waals surface area contributed by atoms with E-state index < -0.39 is 46.3 Å². The van der Waals surface area contributed by atoms with Crippen molar-refractivity contribution < 1.29 is 37.2 Å². The highest BCUT2D eigenvalue weighted by molar-refractivity contribution is 7.84. The molecule has 0 aromatic heterocycles. The number of ether oxygens (including phenoxy) is 1. The van der Waals surface area contributed by atoms with Gasteiger partial charge in [-0.3, -0.25) is 18.9 Å². The minimum Gasteiger partial charge on any atom is -0.508 e. The lowest BCUT2D eigenvalue weighted by atomic mass is 10.0. The van der Waals surface area contributed by atoms with Gasteiger partial charge in [0.15, 0.2) is 0 Å². The van der Waals surface area contributed by atoms with Gasteiger partial charge in [-0.2, -0.15) is 8.42 Å². The van der Waals surface area contributed by atoms with Crippen LogP contribution in [0.1, 0.15) is 12.5 Å². The maximum Gasteiger partial charge on any atom is 0.362 e. The first kappa shape index (κ1) is 20.6. The lowest BCUT2D eigenvalue weighted by Gasteiger charge is -2.45. The molecule has 11 nitrogen and oxygen atoms in total. The van der Waals surface area contributed by atoms with Crippen molar-refractivity contribution in [2.24, 2.45) is 0 Å². The first-order chi connectivity index (χ1) is 12.5. The van der Waals surface area contributed by atoms with Crippen molar-refractivity contribution in [1.29, 1.82) is 0 Å². The van der Waals surface area contributed by atoms with Gasteiger partial charge in [-0.15, -0.1) is 0 Å². The van der Waals surface area contributed by atoms with Crippen molar-refractivity contribution in [2.75, 3.05) is 13.7 Å². The molecule has 2 atom stereocenters. The molecule has 0 aliphatic carbocycles. The first-order valence-corrected chi connectivity index (χ1v) is 9.10. The van der Waals surface area contributed by atoms with Crippen LogP contribution in [0.4, 0.5) is 0 Å². The molecule has 2 rings (SSSR count). The van der Waals surface area contributed by atoms with Crippen LogP contribution in [-0.2, 0) is 35.8 Å². The number of rotatable bonds is 7. The molecule has 1 aromatic carbocycles. The van der Waals surface area contributed by atoms with E-state index >= 15 is 0 Å². The first-order valence-electron chi connectivity index (χ1n) is 7.70. The second-order valence-electron chi connectivity index (χ2n) is 5.93. The van der Waals surface area contributed by atoms with Crippen molar-refractivity contribution in [2.45, 2.75) is 25.1 Å². The van der Waals surface area contributed by atoms with Crippen LogP contribution in [-0.4, -0.2) is 65.5 Å². The molecule has 12 heteroatoms. The highest BCUT2D eigenvalue weighted by atomic mass is 32.2. The molecule has 4 N–H and O–H groups in total. The number of benzene rings is 1. The van der Waals surface area contributed by atoms with Crippen LogP contribution < -0.4 is 10.6 Å². The monoisotopic (exact) mass is 401 g/mol. The predicted molar refractivity (Wildman–Crippen MR) is 90.6 cm³/mol. The summed E-state index contributed by atoms with van der Waals surface area (Å²) >= 11 is 0. The SMILES string of the molecule is COC1(NC(=O)C(Cc2ccc(O)cc2)NC(C)=O)CN(S(=O)(=O)O)C1=O. The van der Waals surface area contributed by atoms with E-state index in [9.17, 15) is 27.9 Å². The van der Waals surface area contributed by atoms with Crippen molar-refractivity contribution in [1.82, 2.24) is 14.9 Å². The molecule has 148 valence electrons. The van der Waals surface area contributed by atoms with Crippen LogP contribution in [0, 0.1) is 0 Å². The average molecular weight is 401 g/mol. The predicted octanol–water partition coefficient (Wildman–Crippen LogP) is -1.46. The largest absolute Gasteiger partial charge is 0.508 e. The number of carbonyl (C=O) groups excluding carboxylic acids is 3. The van der Waals surface area contributed by atoms with Gasteiger partial charge < -0.3 is 20.5 Å². The Balaban J connectivity index is 2.16. The number of phenolic OH excluding ortho intramolecular Hbond substituents is 1. The molecule has 1 aliphatic rings. The fourth-order valence-corrected chi connectivity index (χ4v) is 3.24. The average Bonchev–Trinajstić information content (AvgIpc) is 2.57. The Bertz CT molecular complexity index is 854. The minimum atomic E-state index is -4.77. The Kier molecular flexibility index (Phi) is 5.73. The Morgan fingerprint density at radius 1 is 1.33 bits per heavy atom. The van der Waals surface area contributed by atoms with Crippen LogP contribution in [0.3, 0.4) is 0 Å². The standard InChI is InChI=1S/C15H19N3O8S/c1-9(19)16-12(7-10-3-5-11(20)6-4-10)13(21)17-15(26-2)8-18(14(15)22)27(23,24)25/h3-6,12,20H,7-8H2,1-2H3,(H,16,19)(H,17,21)(H,23,24,25). The van der Waals surface area contributed by atoms with Gasteiger partial charge >= 0.3 is 10.3 Å². The van der Waals surface area contributed by atoms with Crippen molar-refractivity contribution >= 4 is 28.0 Å². The summed E-state index contributed by atoms with van der Waals surface area (Å²) in [6.45, 7) is 0.594. The van der Waals surface area contributed by atoms with Gasteiger partial charge in [0.05, 0.1) is 6.54 Å². The van der Waals surface area contributed by atoms with Crippen LogP contribution in [0.15, 0.2) is 24.3 Å². The van der Waals surface area contributed by atoms with E-state index in [0.29, 0.717) is 5.56 Å². The number of aromatic hydroxyl groups is 1. The fourth-order valence-electron chi connectivity index (χ4n) is 2.54. The van der Waals surface area contributed by atoms with E-state index in [4.69, 9.17) is 9.29 Å². The Morgan fingerprint density at radius 2 is 1.93 bits per heavy atom. The molecular formula is C15H19N3O8S. The van der Waals surface area contributed by atoms with E-state index in [1.165, 1.54) is 19.1 Å². The number of hydrogen-bond donors (Lipinski definition) is 4. The third-order valence-electron chi connectivity index (χ3n) is 3.96. The molecule has 0 saturated carbocycles. The molecule has 0 radical (unpaired) electrons. The summed E-state index contributed by atoms with van der Waals surface area (Å²) in [6, 6.07) is 4.84. The molecule has 0 spiro atoms. The van der Waals surface area contributed by atoms with Crippen LogP contribution in [0.25, 0.3) is 0 Å². The van der Waals surface area contributed by atoms with Crippen LogP contribution >= 0.6 is 0 Å². The van der Waals surface area contributed by atoms with E-state index in [1.807, 2.05) is 0 Å². The molecule has 0 bridgehead atoms. The van der Waals surface area contributed by atoms with Gasteiger partial charge in [0, 0.05) is 20.5 Å². The van der Waals surface area contributed by atoms with Gasteiger partial charge in [0.1, 0.15) is 11.8 Å². The van der Waals surface area contributed by atoms with E-state index in [-0.39, 0.29) is 16.5 Å². The van der Waals surface area contributed by atoms with Crippen molar-refractivity contribution in [3.8, 4) is 5.75 Å². The number of nitrogens with one attached hydrogen (secondary N) is 2. The summed E-state index contributed by atoms with van der Waals surface area (Å²) in [5, 5.41) is 14.0. The summed E-state index contributed by atoms with van der Waals surface area (Å²) in [6.07, 6.45) is 0.0433. The Labute approximate surface area is 155 Å². The number of methoxy groups -OCH3 is 1. The highest BCUT2D eigenvalue weighted by Crippen LogP contribution is 2.26. The Hall–Kier alpha value is -2.70. The molecule has 1 aliphatic heterocycles. The topological polar surface area (TPSA) is 162 Å². The lowest BCUT2D eigenvalue weighted by Crippen LogP contribution is -2.77. The summed E-state index contributed by atoms with van der Waals surface area (Å²) in [5.74, 6) is -2.42. The number of carbonyl (C=O) groups is 3. The smallest absolute Gasteiger partial charge is 0.362 e. The molecule has 1 heterocycles. The van der Waals surface area contributed by atoms with Gasteiger partial charge in [-0.25, -0.2) is 4.31 Å². The second-order valence-corrected chi connectivity index (χ2v) is 7.27. The molecular weight excluding hydrogens is 382 g/mol. The molecule has 3 amide bonds. The van der Waals surface area contributed by atoms with Crippen molar-refractivity contribution in [3.63, 3.8) is 0 Å². The van der Waals surface area contributed by atoms with E-state index in [1.54, 1.807) is 12.1 Å². The highest BCUT2D eigenvalue weighted by Gasteiger charge is 2.59. The van der Waals surface area contributed by atoms with Crippen molar-refractivity contribution in [3.05, 3.63) is 29.8 Å². The summed E-state index contributed by atoms with van der Waals surface area (Å²) in [5.41, 5.74) is -1.34. The fraction of sp³-hybridized carbons (Fsp3) is 0.400. The quantitative estimate of drug-likeness (QED) is 0.245. The van der Waals surface area contributed by atoms with E-state index in [0.717, 1.165) is 7.11 Å². The zero-order chi connectivity index (χ0) is 20.4. The zero-order valence-corrected chi connectivity index (χ0v) is 15.3. The number of amides is 3. The molecule has 1 saturated heterocycles. The molecule has 2 unspecified atom stereocenters. The lowest BCUT2D eigenvalue weighted by molar-refractivity contribution is -0.180. The van der Waals surface area contributed by atoms with Gasteiger partial charge in [-0.05, 0) is 17.7 Å². The van der Waals surface area contributed by atoms with Gasteiger partial charge in [-0.1, -0.05) is 12.1 Å². The molecule has 27 heavy (non-hydrogen) atoms. The summed E-state index contributed by atoms with van der Waals surface area (Å²) < 4.78 is 36.2. The summed E-state index contributed by atoms with van der Waals surface area (Å²) in [7, 11) is -3.67. The summed E-state index contributed by atoms with van der Waals surface area (Å²) in [4.78, 5) is 36.1. The zero-order valence-electron chi connectivity index (χ0n) is 14.5. The maximum absolute atomic E-state index is 12.6. The third-order valence-corrected chi connectivity index (χ3v) is 4.81. The molecule has 1 fully saturated rings. The number of nitrogens with zero attached hydrogens (tertiary/aromatic N) is 1. The number of β-lactam (4-membered cyclic amide) rings is 1. The van der Waals surface area contributed by atoms with Gasteiger partial charge in [0.2, 0.25) is 17.5 Å². The van der Waals surface area contributed by atoms with Crippen LogP contribution in [0.5, 0.6) is 5.75 Å². The minimum absolute atomic E-state index is 0.0305. The maximum atomic E-state index is 12.6. The second kappa shape index (κ2) is 7.50. The third kappa shape index (κ3) is 4.53. The van der Waals surface area contributed by atoms with Crippen LogP contribution in [0.2, 0.25) is 0 Å².